The van der Waals surface area contributed by atoms with Gasteiger partial charge >= 0.3 is 0 Å². The Hall–Kier alpha value is -2.93. The van der Waals surface area contributed by atoms with Crippen LogP contribution in [0.1, 0.15) is 24.2 Å². The molecule has 3 N–H and O–H groups in total. The number of nitrogens with two attached hydrogens (primary N) is 1. The number of rotatable bonds is 5. The SMILES string of the molecule is NC(=NCc1nnc2ccccn12)NC1CCN(Cc2ccccc2)CC1. The lowest BCUT2D eigenvalue weighted by Gasteiger charge is -2.32. The van der Waals surface area contributed by atoms with Crippen molar-refractivity contribution < 1.29 is 0 Å². The molecule has 7 heteroatoms. The highest BCUT2D eigenvalue weighted by Gasteiger charge is 2.19. The molecule has 1 aliphatic heterocycles. The van der Waals surface area contributed by atoms with Gasteiger partial charge in [0, 0.05) is 31.9 Å². The van der Waals surface area contributed by atoms with Gasteiger partial charge in [-0.1, -0.05) is 36.4 Å². The van der Waals surface area contributed by atoms with Gasteiger partial charge in [0.1, 0.15) is 6.54 Å². The third-order valence-electron chi connectivity index (χ3n) is 4.96. The zero-order chi connectivity index (χ0) is 18.5. The maximum absolute atomic E-state index is 6.09. The Kier molecular flexibility index (Phi) is 5.29. The zero-order valence-electron chi connectivity index (χ0n) is 15.3. The van der Waals surface area contributed by atoms with E-state index >= 15 is 0 Å². The van der Waals surface area contributed by atoms with Gasteiger partial charge in [0.2, 0.25) is 0 Å². The van der Waals surface area contributed by atoms with Crippen LogP contribution in [0, 0.1) is 0 Å². The van der Waals surface area contributed by atoms with E-state index in [2.05, 4.69) is 55.7 Å². The van der Waals surface area contributed by atoms with Crippen molar-refractivity contribution in [2.75, 3.05) is 13.1 Å². The fraction of sp³-hybridized carbons (Fsp3) is 0.350. The van der Waals surface area contributed by atoms with E-state index in [9.17, 15) is 0 Å². The van der Waals surface area contributed by atoms with Crippen molar-refractivity contribution in [2.45, 2.75) is 32.0 Å². The topological polar surface area (TPSA) is 83.8 Å². The van der Waals surface area contributed by atoms with Crippen molar-refractivity contribution >= 4 is 11.6 Å². The van der Waals surface area contributed by atoms with Gasteiger partial charge in [-0.15, -0.1) is 10.2 Å². The van der Waals surface area contributed by atoms with E-state index in [1.807, 2.05) is 28.8 Å². The van der Waals surface area contributed by atoms with Gasteiger partial charge in [-0.05, 0) is 30.5 Å². The molecule has 1 aliphatic rings. The summed E-state index contributed by atoms with van der Waals surface area (Å²) in [5.41, 5.74) is 8.28. The number of fused-ring (bicyclic) bond motifs is 1. The Bertz CT molecular complexity index is 895. The van der Waals surface area contributed by atoms with Crippen LogP contribution in [0.25, 0.3) is 5.65 Å². The molecule has 0 aliphatic carbocycles. The van der Waals surface area contributed by atoms with Gasteiger partial charge in [0.25, 0.3) is 0 Å². The van der Waals surface area contributed by atoms with Crippen molar-refractivity contribution in [3.05, 3.63) is 66.1 Å². The second-order valence-corrected chi connectivity index (χ2v) is 6.93. The number of aromatic nitrogens is 3. The van der Waals surface area contributed by atoms with E-state index in [0.29, 0.717) is 18.5 Å². The highest BCUT2D eigenvalue weighted by molar-refractivity contribution is 5.78. The van der Waals surface area contributed by atoms with Gasteiger partial charge in [-0.3, -0.25) is 9.30 Å². The molecule has 0 saturated carbocycles. The van der Waals surface area contributed by atoms with Crippen LogP contribution in [0.2, 0.25) is 0 Å². The molecular weight excluding hydrogens is 338 g/mol. The smallest absolute Gasteiger partial charge is 0.189 e. The van der Waals surface area contributed by atoms with Crippen molar-refractivity contribution in [3.8, 4) is 0 Å². The predicted octanol–water partition coefficient (Wildman–Crippen LogP) is 1.80. The molecule has 140 valence electrons. The normalized spacial score (nSPS) is 16.7. The molecule has 27 heavy (non-hydrogen) atoms. The van der Waals surface area contributed by atoms with Crippen LogP contribution in [0.4, 0.5) is 0 Å². The second kappa shape index (κ2) is 8.18. The van der Waals surface area contributed by atoms with Crippen LogP contribution in [0.15, 0.2) is 59.7 Å². The molecule has 2 aromatic heterocycles. The Morgan fingerprint density at radius 3 is 2.67 bits per heavy atom. The monoisotopic (exact) mass is 363 g/mol. The first-order valence-corrected chi connectivity index (χ1v) is 9.39. The molecule has 4 rings (SSSR count). The lowest BCUT2D eigenvalue weighted by Crippen LogP contribution is -2.46. The van der Waals surface area contributed by atoms with Gasteiger partial charge < -0.3 is 11.1 Å². The van der Waals surface area contributed by atoms with Crippen LogP contribution < -0.4 is 11.1 Å². The summed E-state index contributed by atoms with van der Waals surface area (Å²) in [6.07, 6.45) is 4.07. The van der Waals surface area contributed by atoms with Gasteiger partial charge in [-0.2, -0.15) is 0 Å². The molecule has 1 aromatic carbocycles. The highest BCUT2D eigenvalue weighted by atomic mass is 15.3. The molecular formula is C20H25N7. The summed E-state index contributed by atoms with van der Waals surface area (Å²) in [5, 5.41) is 11.7. The van der Waals surface area contributed by atoms with Crippen molar-refractivity contribution in [2.24, 2.45) is 10.7 Å². The Balaban J connectivity index is 1.26. The fourth-order valence-electron chi connectivity index (χ4n) is 3.49. The Morgan fingerprint density at radius 1 is 1.07 bits per heavy atom. The first kappa shape index (κ1) is 17.5. The molecule has 1 saturated heterocycles. The molecule has 0 radical (unpaired) electrons. The molecule has 0 atom stereocenters. The number of piperidine rings is 1. The van der Waals surface area contributed by atoms with E-state index in [1.165, 1.54) is 5.56 Å². The molecule has 3 heterocycles. The first-order chi connectivity index (χ1) is 13.3. The predicted molar refractivity (Wildman–Crippen MR) is 106 cm³/mol. The van der Waals surface area contributed by atoms with Crippen LogP contribution in [-0.4, -0.2) is 44.6 Å². The van der Waals surface area contributed by atoms with Crippen LogP contribution in [0.5, 0.6) is 0 Å². The molecule has 0 amide bonds. The van der Waals surface area contributed by atoms with Crippen molar-refractivity contribution in [1.82, 2.24) is 24.8 Å². The van der Waals surface area contributed by atoms with Crippen LogP contribution in [-0.2, 0) is 13.1 Å². The number of pyridine rings is 1. The number of nitrogens with one attached hydrogen (secondary N) is 1. The van der Waals surface area contributed by atoms with E-state index in [4.69, 9.17) is 5.73 Å². The summed E-state index contributed by atoms with van der Waals surface area (Å²) in [6.45, 7) is 3.55. The molecule has 7 nitrogen and oxygen atoms in total. The number of guanidine groups is 1. The van der Waals surface area contributed by atoms with E-state index in [1.54, 1.807) is 0 Å². The summed E-state index contributed by atoms with van der Waals surface area (Å²) in [4.78, 5) is 6.93. The lowest BCUT2D eigenvalue weighted by molar-refractivity contribution is 0.199. The Morgan fingerprint density at radius 2 is 1.85 bits per heavy atom. The molecule has 0 unspecified atom stereocenters. The highest BCUT2D eigenvalue weighted by Crippen LogP contribution is 2.13. The number of benzene rings is 1. The quantitative estimate of drug-likeness (QED) is 0.533. The van der Waals surface area contributed by atoms with Gasteiger partial charge in [0.05, 0.1) is 0 Å². The average molecular weight is 363 g/mol. The summed E-state index contributed by atoms with van der Waals surface area (Å²) < 4.78 is 1.93. The van der Waals surface area contributed by atoms with E-state index < -0.39 is 0 Å². The number of hydrogen-bond acceptors (Lipinski definition) is 4. The third kappa shape index (κ3) is 4.43. The maximum Gasteiger partial charge on any atom is 0.189 e. The second-order valence-electron chi connectivity index (χ2n) is 6.93. The van der Waals surface area contributed by atoms with Crippen molar-refractivity contribution in [1.29, 1.82) is 0 Å². The molecule has 0 bridgehead atoms. The van der Waals surface area contributed by atoms with Crippen LogP contribution in [0.3, 0.4) is 0 Å². The number of hydrogen-bond donors (Lipinski definition) is 2. The average Bonchev–Trinajstić information content (AvgIpc) is 3.12. The molecule has 1 fully saturated rings. The van der Waals surface area contributed by atoms with E-state index in [0.717, 1.165) is 43.9 Å². The minimum absolute atomic E-state index is 0.371. The molecule has 0 spiro atoms. The van der Waals surface area contributed by atoms with Gasteiger partial charge in [0.15, 0.2) is 17.4 Å². The lowest BCUT2D eigenvalue weighted by atomic mass is 10.0. The first-order valence-electron chi connectivity index (χ1n) is 9.39. The number of likely N-dealkylation sites (tertiary alicyclic amines) is 1. The number of aliphatic imine (C=N–C) groups is 1. The van der Waals surface area contributed by atoms with E-state index in [-0.39, 0.29) is 0 Å². The maximum atomic E-state index is 6.09. The zero-order valence-corrected chi connectivity index (χ0v) is 15.3. The fourth-order valence-corrected chi connectivity index (χ4v) is 3.49. The molecule has 3 aromatic rings. The van der Waals surface area contributed by atoms with Gasteiger partial charge in [-0.25, -0.2) is 4.99 Å². The largest absolute Gasteiger partial charge is 0.370 e. The minimum Gasteiger partial charge on any atom is -0.370 e. The minimum atomic E-state index is 0.371. The summed E-state index contributed by atoms with van der Waals surface area (Å²) in [5.74, 6) is 1.26. The summed E-state index contributed by atoms with van der Waals surface area (Å²) in [6, 6.07) is 16.8. The summed E-state index contributed by atoms with van der Waals surface area (Å²) in [7, 11) is 0. The third-order valence-corrected chi connectivity index (χ3v) is 4.96. The summed E-state index contributed by atoms with van der Waals surface area (Å²) >= 11 is 0. The number of nitrogens with zero attached hydrogens (tertiary/aromatic N) is 5. The standard InChI is InChI=1S/C20H25N7/c21-20(22-14-19-25-24-18-8-4-5-11-27(18)19)23-17-9-12-26(13-10-17)15-16-6-2-1-3-7-16/h1-8,11,17H,9-10,12-15H2,(H3,21,22,23). The Labute approximate surface area is 158 Å². The van der Waals surface area contributed by atoms with Crippen molar-refractivity contribution in [3.63, 3.8) is 0 Å². The van der Waals surface area contributed by atoms with Crippen LogP contribution >= 0.6 is 0 Å².